The summed E-state index contributed by atoms with van der Waals surface area (Å²) in [6.45, 7) is 2.25. The lowest BCUT2D eigenvalue weighted by Crippen LogP contribution is -2.59. The molecule has 0 saturated carbocycles. The van der Waals surface area contributed by atoms with Gasteiger partial charge in [0.25, 0.3) is 0 Å². The molecule has 0 spiro atoms. The maximum atomic E-state index is 15.2. The van der Waals surface area contributed by atoms with E-state index in [9.17, 15) is 28.2 Å². The third-order valence-corrected chi connectivity index (χ3v) is 5.96. The van der Waals surface area contributed by atoms with E-state index in [2.05, 4.69) is 15.3 Å². The van der Waals surface area contributed by atoms with E-state index in [1.807, 2.05) is 0 Å². The molecule has 1 aromatic carbocycles. The van der Waals surface area contributed by atoms with Gasteiger partial charge in [-0.25, -0.2) is 9.97 Å². The number of rotatable bonds is 9. The third kappa shape index (κ3) is 6.55. The Hall–Kier alpha value is -3.03. The van der Waals surface area contributed by atoms with Crippen LogP contribution in [0.2, 0.25) is 0 Å². The number of nitrogens with two attached hydrogens (primary N) is 1. The molecule has 9 nitrogen and oxygen atoms in total. The molecule has 35 heavy (non-hydrogen) atoms. The van der Waals surface area contributed by atoms with Gasteiger partial charge in [-0.1, -0.05) is 12.1 Å². The van der Waals surface area contributed by atoms with E-state index in [1.54, 1.807) is 11.8 Å². The van der Waals surface area contributed by atoms with Crippen molar-refractivity contribution in [1.82, 2.24) is 14.9 Å². The Morgan fingerprint density at radius 2 is 2.00 bits per heavy atom. The van der Waals surface area contributed by atoms with Gasteiger partial charge in [0, 0.05) is 32.7 Å². The zero-order valence-corrected chi connectivity index (χ0v) is 19.1. The van der Waals surface area contributed by atoms with Crippen LogP contribution in [0.4, 0.5) is 29.2 Å². The summed E-state index contributed by atoms with van der Waals surface area (Å²) in [7, 11) is 0. The molecule has 2 aromatic rings. The van der Waals surface area contributed by atoms with E-state index in [1.165, 1.54) is 17.0 Å². The summed E-state index contributed by atoms with van der Waals surface area (Å²) in [6, 6.07) is 4.58. The number of anilines is 2. The summed E-state index contributed by atoms with van der Waals surface area (Å²) in [4.78, 5) is 22.1. The molecule has 192 valence electrons. The van der Waals surface area contributed by atoms with E-state index in [-0.39, 0.29) is 44.2 Å². The van der Waals surface area contributed by atoms with E-state index in [0.717, 1.165) is 18.5 Å². The maximum Gasteiger partial charge on any atom is 0.416 e. The number of β-amino-alcohol motifs (C(OH)–C–C–N with tert-alkyl or cyclic N) is 1. The van der Waals surface area contributed by atoms with Crippen LogP contribution in [-0.2, 0) is 17.5 Å². The van der Waals surface area contributed by atoms with Gasteiger partial charge >= 0.3 is 6.18 Å². The fourth-order valence-electron chi connectivity index (χ4n) is 3.89. The van der Waals surface area contributed by atoms with Gasteiger partial charge in [-0.05, 0) is 31.0 Å². The quantitative estimate of drug-likeness (QED) is 0.380. The molecule has 1 amide bonds. The largest absolute Gasteiger partial charge is 0.416 e. The molecule has 13 heteroatoms. The molecule has 0 radical (unpaired) electrons. The van der Waals surface area contributed by atoms with Crippen LogP contribution in [0.25, 0.3) is 0 Å². The number of likely N-dealkylation sites (tertiary alicyclic amines) is 1. The van der Waals surface area contributed by atoms with Crippen LogP contribution in [0.1, 0.15) is 24.5 Å². The van der Waals surface area contributed by atoms with Crippen LogP contribution in [0, 0.1) is 5.82 Å². The number of carbonyl (C=O) groups is 1. The number of benzene rings is 1. The number of aromatic nitrogens is 2. The monoisotopic (exact) mass is 500 g/mol. The highest BCUT2D eigenvalue weighted by molar-refractivity contribution is 5.75. The Morgan fingerprint density at radius 3 is 2.57 bits per heavy atom. The minimum Gasteiger partial charge on any atom is -0.389 e. The number of aliphatic hydroxyl groups excluding tert-OH is 1. The molecule has 5 N–H and O–H groups in total. The number of halogens is 4. The second-order valence-corrected chi connectivity index (χ2v) is 8.49. The number of hydrogen-bond donors (Lipinski definition) is 4. The Morgan fingerprint density at radius 1 is 1.31 bits per heavy atom. The number of carbonyl (C=O) groups excluding carboxylic acids is 1. The molecule has 1 saturated heterocycles. The van der Waals surface area contributed by atoms with Gasteiger partial charge in [-0.15, -0.1) is 0 Å². The summed E-state index contributed by atoms with van der Waals surface area (Å²) in [5.74, 6) is -1.60. The first-order valence-corrected chi connectivity index (χ1v) is 11.0. The third-order valence-electron chi connectivity index (χ3n) is 5.96. The predicted octanol–water partition coefficient (Wildman–Crippen LogP) is 1.36. The van der Waals surface area contributed by atoms with E-state index in [0.29, 0.717) is 18.7 Å². The number of alkyl halides is 3. The molecule has 2 heterocycles. The van der Waals surface area contributed by atoms with E-state index < -0.39 is 35.2 Å². The standard InChI is InChI=1S/C22H28F4N6O3/c1-2-32(9-14-3-5-15(6-4-14)22(24,25)26)20-18(23)19(29-13-30-20)28-12-21(35)7-8-31(10-16(21)33)11-17(27)34/h3-6,13,16,33,35H,2,7-12H2,1H3,(H2,27,34)(H,28,29,30)/t16-,21+/m0/s1. The van der Waals surface area contributed by atoms with Crippen molar-refractivity contribution in [3.05, 3.63) is 47.5 Å². The molecule has 1 fully saturated rings. The van der Waals surface area contributed by atoms with Crippen LogP contribution in [0.15, 0.2) is 30.6 Å². The van der Waals surface area contributed by atoms with Gasteiger partial charge in [0.05, 0.1) is 18.2 Å². The number of amides is 1. The molecular formula is C22H28F4N6O3. The molecule has 0 aliphatic carbocycles. The van der Waals surface area contributed by atoms with Crippen molar-refractivity contribution < 1.29 is 32.6 Å². The highest BCUT2D eigenvalue weighted by Gasteiger charge is 2.41. The van der Waals surface area contributed by atoms with Crippen molar-refractivity contribution in [2.75, 3.05) is 42.9 Å². The van der Waals surface area contributed by atoms with Gasteiger partial charge in [-0.3, -0.25) is 9.69 Å². The number of nitrogens with zero attached hydrogens (tertiary/aromatic N) is 4. The summed E-state index contributed by atoms with van der Waals surface area (Å²) >= 11 is 0. The Bertz CT molecular complexity index is 1020. The zero-order valence-electron chi connectivity index (χ0n) is 19.1. The Balaban J connectivity index is 1.69. The average Bonchev–Trinajstić information content (AvgIpc) is 2.79. The minimum atomic E-state index is -4.45. The molecule has 1 aromatic heterocycles. The Kier molecular flexibility index (Phi) is 8.13. The first-order chi connectivity index (χ1) is 16.4. The zero-order chi connectivity index (χ0) is 25.8. The highest BCUT2D eigenvalue weighted by atomic mass is 19.4. The van der Waals surface area contributed by atoms with Gasteiger partial charge < -0.3 is 26.2 Å². The smallest absolute Gasteiger partial charge is 0.389 e. The lowest BCUT2D eigenvalue weighted by Gasteiger charge is -2.41. The highest BCUT2D eigenvalue weighted by Crippen LogP contribution is 2.30. The van der Waals surface area contributed by atoms with Gasteiger partial charge in [0.2, 0.25) is 11.7 Å². The number of nitrogens with one attached hydrogen (secondary N) is 1. The molecular weight excluding hydrogens is 472 g/mol. The fraction of sp³-hybridized carbons (Fsp3) is 0.500. The lowest BCUT2D eigenvalue weighted by molar-refractivity contribution is -0.137. The summed E-state index contributed by atoms with van der Waals surface area (Å²) in [6.07, 6.45) is -4.41. The molecule has 2 atom stereocenters. The molecule has 1 aliphatic heterocycles. The van der Waals surface area contributed by atoms with Crippen molar-refractivity contribution in [2.45, 2.75) is 37.8 Å². The maximum absolute atomic E-state index is 15.2. The average molecular weight is 500 g/mol. The molecule has 3 rings (SSSR count). The summed E-state index contributed by atoms with van der Waals surface area (Å²) < 4.78 is 53.6. The van der Waals surface area contributed by atoms with Gasteiger partial charge in [-0.2, -0.15) is 17.6 Å². The number of hydrogen-bond acceptors (Lipinski definition) is 8. The van der Waals surface area contributed by atoms with Crippen LogP contribution in [-0.4, -0.2) is 75.4 Å². The molecule has 0 unspecified atom stereocenters. The van der Waals surface area contributed by atoms with Crippen molar-refractivity contribution in [3.8, 4) is 0 Å². The predicted molar refractivity (Wildman–Crippen MR) is 120 cm³/mol. The van der Waals surface area contributed by atoms with E-state index in [4.69, 9.17) is 5.73 Å². The fourth-order valence-corrected chi connectivity index (χ4v) is 3.89. The van der Waals surface area contributed by atoms with Crippen molar-refractivity contribution in [1.29, 1.82) is 0 Å². The van der Waals surface area contributed by atoms with Crippen LogP contribution in [0.5, 0.6) is 0 Å². The molecule has 1 aliphatic rings. The normalized spacial score (nSPS) is 21.1. The van der Waals surface area contributed by atoms with Crippen molar-refractivity contribution >= 4 is 17.5 Å². The minimum absolute atomic E-state index is 0.0232. The second-order valence-electron chi connectivity index (χ2n) is 8.49. The number of primary amides is 1. The van der Waals surface area contributed by atoms with Crippen molar-refractivity contribution in [2.24, 2.45) is 5.73 Å². The lowest BCUT2D eigenvalue weighted by atomic mass is 9.88. The summed E-state index contributed by atoms with van der Waals surface area (Å²) in [5.41, 5.74) is 3.34. The van der Waals surface area contributed by atoms with Crippen LogP contribution >= 0.6 is 0 Å². The Labute approximate surface area is 199 Å². The second kappa shape index (κ2) is 10.7. The molecule has 0 bridgehead atoms. The van der Waals surface area contributed by atoms with E-state index >= 15 is 4.39 Å². The number of piperidine rings is 1. The van der Waals surface area contributed by atoms with Crippen molar-refractivity contribution in [3.63, 3.8) is 0 Å². The topological polar surface area (TPSA) is 128 Å². The SMILES string of the molecule is CCN(Cc1ccc(C(F)(F)F)cc1)c1ncnc(NC[C@]2(O)CCN(CC(N)=O)C[C@@H]2O)c1F. The van der Waals surface area contributed by atoms with Crippen LogP contribution in [0.3, 0.4) is 0 Å². The first-order valence-electron chi connectivity index (χ1n) is 11.0. The van der Waals surface area contributed by atoms with Gasteiger partial charge in [0.1, 0.15) is 11.9 Å². The summed E-state index contributed by atoms with van der Waals surface area (Å²) in [5, 5.41) is 23.9. The van der Waals surface area contributed by atoms with Crippen LogP contribution < -0.4 is 16.0 Å². The first kappa shape index (κ1) is 26.6. The van der Waals surface area contributed by atoms with Gasteiger partial charge in [0.15, 0.2) is 11.6 Å². The number of aliphatic hydroxyl groups is 2.